The highest BCUT2D eigenvalue weighted by atomic mass is 32.2. The second-order valence-electron chi connectivity index (χ2n) is 3.49. The number of nitrogens with zero attached hydrogens (tertiary/aromatic N) is 1. The van der Waals surface area contributed by atoms with Crippen LogP contribution < -0.4 is 0 Å². The molecule has 1 amide bonds. The monoisotopic (exact) mass is 261 g/mol. The number of amides is 1. The Balaban J connectivity index is 2.25. The van der Waals surface area contributed by atoms with E-state index in [1.807, 2.05) is 36.4 Å². The summed E-state index contributed by atoms with van der Waals surface area (Å²) in [5, 5.41) is 0. The zero-order valence-electron chi connectivity index (χ0n) is 9.13. The maximum atomic E-state index is 12.0. The van der Waals surface area contributed by atoms with Crippen LogP contribution in [0.5, 0.6) is 0 Å². The Hall–Kier alpha value is -1.39. The first-order chi connectivity index (χ1) is 8.22. The van der Waals surface area contributed by atoms with Gasteiger partial charge in [-0.2, -0.15) is 0 Å². The molecule has 17 heavy (non-hydrogen) atoms. The minimum absolute atomic E-state index is 0.0382. The van der Waals surface area contributed by atoms with E-state index in [2.05, 4.69) is 6.58 Å². The summed E-state index contributed by atoms with van der Waals surface area (Å²) in [5.74, 6) is -0.0382. The van der Waals surface area contributed by atoms with E-state index < -0.39 is 0 Å². The molecule has 0 aromatic heterocycles. The van der Waals surface area contributed by atoms with E-state index in [9.17, 15) is 4.79 Å². The molecule has 1 aromatic rings. The molecule has 0 N–H and O–H groups in total. The second kappa shape index (κ2) is 5.29. The number of benzene rings is 1. The van der Waals surface area contributed by atoms with Crippen LogP contribution in [0.15, 0.2) is 47.9 Å². The highest BCUT2D eigenvalue weighted by Gasteiger charge is 2.30. The molecule has 0 radical (unpaired) electrons. The van der Waals surface area contributed by atoms with E-state index in [-0.39, 0.29) is 5.91 Å². The van der Waals surface area contributed by atoms with Crippen LogP contribution in [0.25, 0.3) is 6.08 Å². The van der Waals surface area contributed by atoms with E-state index in [0.29, 0.717) is 15.8 Å². The average Bonchev–Trinajstić information content (AvgIpc) is 2.59. The normalized spacial score (nSPS) is 17.9. The molecular weight excluding hydrogens is 250 g/mol. The third-order valence-corrected chi connectivity index (χ3v) is 3.66. The van der Waals surface area contributed by atoms with Crippen LogP contribution in [0.1, 0.15) is 5.56 Å². The van der Waals surface area contributed by atoms with Crippen LogP contribution in [0.4, 0.5) is 0 Å². The zero-order chi connectivity index (χ0) is 12.3. The molecular formula is C13H11NOS2. The zero-order valence-corrected chi connectivity index (χ0v) is 10.8. The van der Waals surface area contributed by atoms with Crippen molar-refractivity contribution >= 4 is 40.3 Å². The fourth-order valence-electron chi connectivity index (χ4n) is 1.49. The number of carbonyl (C=O) groups excluding carboxylic acids is 1. The molecule has 1 aliphatic heterocycles. The summed E-state index contributed by atoms with van der Waals surface area (Å²) in [6, 6.07) is 9.74. The fourth-order valence-corrected chi connectivity index (χ4v) is 2.76. The Morgan fingerprint density at radius 3 is 2.71 bits per heavy atom. The standard InChI is InChI=1S/C13H11NOS2/c1-2-8-14-12(15)11(17-13(14)16)9-10-6-4-3-5-7-10/h2-7,9H,1,8H2/b11-9-. The predicted molar refractivity (Wildman–Crippen MR) is 76.5 cm³/mol. The fraction of sp³-hybridized carbons (Fsp3) is 0.0769. The van der Waals surface area contributed by atoms with Crippen LogP contribution in [-0.2, 0) is 4.79 Å². The number of hydrogen-bond donors (Lipinski definition) is 0. The van der Waals surface area contributed by atoms with Crippen molar-refractivity contribution in [2.45, 2.75) is 0 Å². The molecule has 1 saturated heterocycles. The van der Waals surface area contributed by atoms with Gasteiger partial charge in [-0.15, -0.1) is 6.58 Å². The maximum Gasteiger partial charge on any atom is 0.266 e. The molecule has 4 heteroatoms. The molecule has 86 valence electrons. The van der Waals surface area contributed by atoms with Crippen molar-refractivity contribution in [3.05, 3.63) is 53.5 Å². The van der Waals surface area contributed by atoms with Gasteiger partial charge in [-0.25, -0.2) is 0 Å². The lowest BCUT2D eigenvalue weighted by atomic mass is 10.2. The lowest BCUT2D eigenvalue weighted by Crippen LogP contribution is -2.27. The summed E-state index contributed by atoms with van der Waals surface area (Å²) in [6.07, 6.45) is 3.54. The number of thioether (sulfide) groups is 1. The smallest absolute Gasteiger partial charge is 0.266 e. The second-order valence-corrected chi connectivity index (χ2v) is 5.17. The van der Waals surface area contributed by atoms with E-state index in [4.69, 9.17) is 12.2 Å². The van der Waals surface area contributed by atoms with Gasteiger partial charge in [0.05, 0.1) is 4.91 Å². The summed E-state index contributed by atoms with van der Waals surface area (Å²) >= 11 is 6.49. The predicted octanol–water partition coefficient (Wildman–Crippen LogP) is 3.07. The maximum absolute atomic E-state index is 12.0. The van der Waals surface area contributed by atoms with Crippen LogP contribution in [-0.4, -0.2) is 21.7 Å². The Morgan fingerprint density at radius 2 is 2.06 bits per heavy atom. The van der Waals surface area contributed by atoms with Crippen molar-refractivity contribution in [2.24, 2.45) is 0 Å². The summed E-state index contributed by atoms with van der Waals surface area (Å²) in [6.45, 7) is 4.09. The summed E-state index contributed by atoms with van der Waals surface area (Å²) in [5.41, 5.74) is 1.01. The Labute approximate surface area is 110 Å². The third-order valence-electron chi connectivity index (χ3n) is 2.28. The van der Waals surface area contributed by atoms with Crippen molar-refractivity contribution in [3.8, 4) is 0 Å². The Kier molecular flexibility index (Phi) is 3.76. The third kappa shape index (κ3) is 2.65. The summed E-state index contributed by atoms with van der Waals surface area (Å²) in [7, 11) is 0. The first kappa shape index (κ1) is 12.1. The number of thiocarbonyl (C=S) groups is 1. The molecule has 0 atom stereocenters. The van der Waals surface area contributed by atoms with Gasteiger partial charge in [-0.05, 0) is 11.6 Å². The van der Waals surface area contributed by atoms with Crippen molar-refractivity contribution in [3.63, 3.8) is 0 Å². The van der Waals surface area contributed by atoms with Gasteiger partial charge in [0.25, 0.3) is 5.91 Å². The molecule has 1 aromatic carbocycles. The molecule has 1 fully saturated rings. The largest absolute Gasteiger partial charge is 0.289 e. The van der Waals surface area contributed by atoms with E-state index in [1.165, 1.54) is 11.8 Å². The quantitative estimate of drug-likeness (QED) is 0.474. The Morgan fingerprint density at radius 1 is 1.35 bits per heavy atom. The minimum atomic E-state index is -0.0382. The van der Waals surface area contributed by atoms with Gasteiger partial charge in [-0.1, -0.05) is 60.4 Å². The van der Waals surface area contributed by atoms with Gasteiger partial charge in [0.1, 0.15) is 4.32 Å². The first-order valence-corrected chi connectivity index (χ1v) is 6.36. The molecule has 2 nitrogen and oxygen atoms in total. The highest BCUT2D eigenvalue weighted by Crippen LogP contribution is 2.32. The van der Waals surface area contributed by atoms with Gasteiger partial charge in [-0.3, -0.25) is 9.69 Å². The van der Waals surface area contributed by atoms with Crippen LogP contribution in [0.2, 0.25) is 0 Å². The van der Waals surface area contributed by atoms with Crippen molar-refractivity contribution in [1.82, 2.24) is 4.90 Å². The van der Waals surface area contributed by atoms with Gasteiger partial charge in [0.2, 0.25) is 0 Å². The van der Waals surface area contributed by atoms with Crippen LogP contribution in [0.3, 0.4) is 0 Å². The van der Waals surface area contributed by atoms with E-state index in [0.717, 1.165) is 5.56 Å². The lowest BCUT2D eigenvalue weighted by Gasteiger charge is -2.10. The van der Waals surface area contributed by atoms with E-state index in [1.54, 1.807) is 11.0 Å². The van der Waals surface area contributed by atoms with Gasteiger partial charge in [0, 0.05) is 6.54 Å². The highest BCUT2D eigenvalue weighted by molar-refractivity contribution is 8.26. The number of carbonyl (C=O) groups is 1. The lowest BCUT2D eigenvalue weighted by molar-refractivity contribution is -0.121. The van der Waals surface area contributed by atoms with Crippen molar-refractivity contribution in [2.75, 3.05) is 6.54 Å². The van der Waals surface area contributed by atoms with Gasteiger partial charge in [0.15, 0.2) is 0 Å². The van der Waals surface area contributed by atoms with Crippen LogP contribution in [0, 0.1) is 0 Å². The first-order valence-electron chi connectivity index (χ1n) is 5.13. The van der Waals surface area contributed by atoms with Crippen LogP contribution >= 0.6 is 24.0 Å². The molecule has 1 heterocycles. The van der Waals surface area contributed by atoms with E-state index >= 15 is 0 Å². The molecule has 0 unspecified atom stereocenters. The number of hydrogen-bond acceptors (Lipinski definition) is 3. The molecule has 0 bridgehead atoms. The van der Waals surface area contributed by atoms with Crippen molar-refractivity contribution in [1.29, 1.82) is 0 Å². The molecule has 0 spiro atoms. The molecule has 2 rings (SSSR count). The molecule has 1 aliphatic rings. The van der Waals surface area contributed by atoms with Gasteiger partial charge >= 0.3 is 0 Å². The minimum Gasteiger partial charge on any atom is -0.289 e. The molecule has 0 saturated carbocycles. The van der Waals surface area contributed by atoms with Gasteiger partial charge < -0.3 is 0 Å². The van der Waals surface area contributed by atoms with Crippen molar-refractivity contribution < 1.29 is 4.79 Å². The topological polar surface area (TPSA) is 20.3 Å². The SMILES string of the molecule is C=CCN1C(=O)/C(=C/c2ccccc2)SC1=S. The molecule has 0 aliphatic carbocycles. The summed E-state index contributed by atoms with van der Waals surface area (Å²) in [4.78, 5) is 14.2. The average molecular weight is 261 g/mol. The summed E-state index contributed by atoms with van der Waals surface area (Å²) < 4.78 is 0.595. The Bertz CT molecular complexity index is 493. The number of rotatable bonds is 3.